The molecule has 0 spiro atoms. The molecule has 0 aliphatic heterocycles. The van der Waals surface area contributed by atoms with Crippen LogP contribution in [0.4, 0.5) is 10.5 Å². The first-order valence-electron chi connectivity index (χ1n) is 7.19. The number of aryl methyl sites for hydroxylation is 2. The first-order valence-corrected chi connectivity index (χ1v) is 7.19. The fraction of sp³-hybridized carbons (Fsp3) is 0.562. The number of rotatable bonds is 2. The lowest BCUT2D eigenvalue weighted by Crippen LogP contribution is -2.40. The number of nitrogens with zero attached hydrogens (tertiary/aromatic N) is 1. The van der Waals surface area contributed by atoms with E-state index in [1.165, 1.54) is 30.4 Å². The average molecular weight is 260 g/mol. The minimum Gasteiger partial charge on any atom is -0.325 e. The Hall–Kier alpha value is -1.51. The second-order valence-electron chi connectivity index (χ2n) is 5.63. The van der Waals surface area contributed by atoms with Crippen molar-refractivity contribution >= 4 is 11.7 Å². The summed E-state index contributed by atoms with van der Waals surface area (Å²) in [7, 11) is 1.91. The summed E-state index contributed by atoms with van der Waals surface area (Å²) in [6.45, 7) is 4.14. The van der Waals surface area contributed by atoms with E-state index in [9.17, 15) is 4.79 Å². The van der Waals surface area contributed by atoms with Crippen molar-refractivity contribution in [3.05, 3.63) is 29.3 Å². The molecule has 1 aliphatic carbocycles. The lowest BCUT2D eigenvalue weighted by molar-refractivity contribution is 0.186. The molecule has 19 heavy (non-hydrogen) atoms. The molecule has 1 aromatic carbocycles. The molecule has 0 unspecified atom stereocenters. The highest BCUT2D eigenvalue weighted by Crippen LogP contribution is 2.22. The van der Waals surface area contributed by atoms with Gasteiger partial charge in [0.05, 0.1) is 0 Å². The number of hydrogen-bond donors (Lipinski definition) is 1. The number of hydrogen-bond acceptors (Lipinski definition) is 1. The summed E-state index contributed by atoms with van der Waals surface area (Å²) in [5.41, 5.74) is 3.34. The number of benzene rings is 1. The van der Waals surface area contributed by atoms with Gasteiger partial charge in [0.15, 0.2) is 0 Å². The SMILES string of the molecule is Cc1ccc(NC(=O)N(C)C2CCCCC2)cc1C. The number of urea groups is 1. The summed E-state index contributed by atoms with van der Waals surface area (Å²) in [4.78, 5) is 14.1. The van der Waals surface area contributed by atoms with Crippen molar-refractivity contribution in [1.29, 1.82) is 0 Å². The van der Waals surface area contributed by atoms with Gasteiger partial charge in [-0.05, 0) is 49.9 Å². The van der Waals surface area contributed by atoms with Crippen molar-refractivity contribution in [2.45, 2.75) is 52.0 Å². The highest BCUT2D eigenvalue weighted by Gasteiger charge is 2.21. The molecule has 104 valence electrons. The van der Waals surface area contributed by atoms with Gasteiger partial charge in [-0.25, -0.2) is 4.79 Å². The van der Waals surface area contributed by atoms with Crippen molar-refractivity contribution in [2.75, 3.05) is 12.4 Å². The van der Waals surface area contributed by atoms with Gasteiger partial charge in [0, 0.05) is 18.8 Å². The summed E-state index contributed by atoms with van der Waals surface area (Å²) in [6, 6.07) is 6.46. The Morgan fingerprint density at radius 2 is 1.84 bits per heavy atom. The largest absolute Gasteiger partial charge is 0.325 e. The Morgan fingerprint density at radius 1 is 1.16 bits per heavy atom. The monoisotopic (exact) mass is 260 g/mol. The Labute approximate surface area is 116 Å². The molecule has 2 amide bonds. The third-order valence-corrected chi connectivity index (χ3v) is 4.20. The molecule has 1 fully saturated rings. The Bertz CT molecular complexity index is 450. The average Bonchev–Trinajstić information content (AvgIpc) is 2.43. The zero-order valence-corrected chi connectivity index (χ0v) is 12.2. The van der Waals surface area contributed by atoms with Gasteiger partial charge in [-0.15, -0.1) is 0 Å². The van der Waals surface area contributed by atoms with Crippen molar-refractivity contribution in [2.24, 2.45) is 0 Å². The normalized spacial score (nSPS) is 16.2. The van der Waals surface area contributed by atoms with Gasteiger partial charge >= 0.3 is 6.03 Å². The maximum Gasteiger partial charge on any atom is 0.321 e. The van der Waals surface area contributed by atoms with E-state index in [1.54, 1.807) is 0 Å². The summed E-state index contributed by atoms with van der Waals surface area (Å²) in [5.74, 6) is 0. The first kappa shape index (κ1) is 13.9. The van der Waals surface area contributed by atoms with E-state index in [-0.39, 0.29) is 6.03 Å². The van der Waals surface area contributed by atoms with Crippen LogP contribution in [-0.4, -0.2) is 24.0 Å². The summed E-state index contributed by atoms with van der Waals surface area (Å²) < 4.78 is 0. The predicted molar refractivity (Wildman–Crippen MR) is 79.6 cm³/mol. The van der Waals surface area contributed by atoms with E-state index < -0.39 is 0 Å². The maximum atomic E-state index is 12.2. The maximum absolute atomic E-state index is 12.2. The van der Waals surface area contributed by atoms with E-state index >= 15 is 0 Å². The molecular formula is C16H24N2O. The molecule has 0 bridgehead atoms. The van der Waals surface area contributed by atoms with Gasteiger partial charge in [-0.2, -0.15) is 0 Å². The van der Waals surface area contributed by atoms with E-state index in [2.05, 4.69) is 19.2 Å². The van der Waals surface area contributed by atoms with Crippen LogP contribution in [0.5, 0.6) is 0 Å². The summed E-state index contributed by atoms with van der Waals surface area (Å²) in [6.07, 6.45) is 6.06. The number of carbonyl (C=O) groups is 1. The van der Waals surface area contributed by atoms with Crippen LogP contribution in [0.3, 0.4) is 0 Å². The molecule has 0 saturated heterocycles. The zero-order valence-electron chi connectivity index (χ0n) is 12.2. The Kier molecular flexibility index (Phi) is 4.46. The molecular weight excluding hydrogens is 236 g/mol. The molecule has 1 aliphatic rings. The Morgan fingerprint density at radius 3 is 2.47 bits per heavy atom. The van der Waals surface area contributed by atoms with Gasteiger partial charge < -0.3 is 10.2 Å². The standard InChI is InChI=1S/C16H24N2O/c1-12-9-10-14(11-13(12)2)17-16(19)18(3)15-7-5-4-6-8-15/h9-11,15H,4-8H2,1-3H3,(H,17,19). The molecule has 0 aromatic heterocycles. The predicted octanol–water partition coefficient (Wildman–Crippen LogP) is 4.10. The van der Waals surface area contributed by atoms with Gasteiger partial charge in [-0.1, -0.05) is 25.3 Å². The third-order valence-electron chi connectivity index (χ3n) is 4.20. The highest BCUT2D eigenvalue weighted by atomic mass is 16.2. The van der Waals surface area contributed by atoms with Gasteiger partial charge in [0.1, 0.15) is 0 Å². The molecule has 3 heteroatoms. The van der Waals surface area contributed by atoms with Crippen molar-refractivity contribution in [1.82, 2.24) is 4.90 Å². The second-order valence-corrected chi connectivity index (χ2v) is 5.63. The smallest absolute Gasteiger partial charge is 0.321 e. The van der Waals surface area contributed by atoms with Crippen LogP contribution in [0.25, 0.3) is 0 Å². The van der Waals surface area contributed by atoms with Crippen LogP contribution in [0, 0.1) is 13.8 Å². The molecule has 2 rings (SSSR count). The van der Waals surface area contributed by atoms with Crippen molar-refractivity contribution in [3.8, 4) is 0 Å². The second kappa shape index (κ2) is 6.09. The number of amides is 2. The molecule has 0 atom stereocenters. The summed E-state index contributed by atoms with van der Waals surface area (Å²) in [5, 5.41) is 2.99. The van der Waals surface area contributed by atoms with E-state index in [4.69, 9.17) is 0 Å². The highest BCUT2D eigenvalue weighted by molar-refractivity contribution is 5.89. The minimum absolute atomic E-state index is 0.00940. The van der Waals surface area contributed by atoms with Crippen LogP contribution in [0.15, 0.2) is 18.2 Å². The van der Waals surface area contributed by atoms with E-state index in [0.717, 1.165) is 18.5 Å². The molecule has 0 radical (unpaired) electrons. The number of anilines is 1. The fourth-order valence-electron chi connectivity index (χ4n) is 2.66. The van der Waals surface area contributed by atoms with E-state index in [1.807, 2.05) is 30.1 Å². The Balaban J connectivity index is 1.97. The lowest BCUT2D eigenvalue weighted by atomic mass is 9.95. The summed E-state index contributed by atoms with van der Waals surface area (Å²) >= 11 is 0. The third kappa shape index (κ3) is 3.49. The van der Waals surface area contributed by atoms with Gasteiger partial charge in [-0.3, -0.25) is 0 Å². The molecule has 1 aromatic rings. The fourth-order valence-corrected chi connectivity index (χ4v) is 2.66. The van der Waals surface area contributed by atoms with Crippen molar-refractivity contribution < 1.29 is 4.79 Å². The zero-order chi connectivity index (χ0) is 13.8. The first-order chi connectivity index (χ1) is 9.08. The quantitative estimate of drug-likeness (QED) is 0.853. The molecule has 1 N–H and O–H groups in total. The van der Waals surface area contributed by atoms with E-state index in [0.29, 0.717) is 6.04 Å². The van der Waals surface area contributed by atoms with Crippen LogP contribution >= 0.6 is 0 Å². The van der Waals surface area contributed by atoms with Crippen LogP contribution < -0.4 is 5.32 Å². The molecule has 1 saturated carbocycles. The van der Waals surface area contributed by atoms with Crippen LogP contribution in [0.2, 0.25) is 0 Å². The lowest BCUT2D eigenvalue weighted by Gasteiger charge is -2.31. The van der Waals surface area contributed by atoms with Crippen molar-refractivity contribution in [3.63, 3.8) is 0 Å². The number of nitrogens with one attached hydrogen (secondary N) is 1. The van der Waals surface area contributed by atoms with Crippen LogP contribution in [0.1, 0.15) is 43.2 Å². The van der Waals surface area contributed by atoms with Crippen LogP contribution in [-0.2, 0) is 0 Å². The van der Waals surface area contributed by atoms with Gasteiger partial charge in [0.25, 0.3) is 0 Å². The number of carbonyl (C=O) groups excluding carboxylic acids is 1. The topological polar surface area (TPSA) is 32.3 Å². The molecule has 3 nitrogen and oxygen atoms in total. The van der Waals surface area contributed by atoms with Gasteiger partial charge in [0.2, 0.25) is 0 Å². The molecule has 0 heterocycles. The minimum atomic E-state index is 0.00940.